The number of rotatable bonds is 4. The smallest absolute Gasteiger partial charge is 0.211 e. The van der Waals surface area contributed by atoms with E-state index in [1.807, 2.05) is 18.2 Å². The third-order valence-corrected chi connectivity index (χ3v) is 8.46. The van der Waals surface area contributed by atoms with E-state index < -0.39 is 0 Å². The van der Waals surface area contributed by atoms with Gasteiger partial charge in [-0.3, -0.25) is 10.1 Å². The van der Waals surface area contributed by atoms with Crippen molar-refractivity contribution >= 4 is 23.5 Å². The second-order valence-electron chi connectivity index (χ2n) is 5.89. The van der Waals surface area contributed by atoms with Crippen molar-refractivity contribution in [2.75, 3.05) is 18.1 Å². The Morgan fingerprint density at radius 2 is 1.95 bits per heavy atom. The van der Waals surface area contributed by atoms with E-state index in [2.05, 4.69) is 35.7 Å². The van der Waals surface area contributed by atoms with E-state index in [9.17, 15) is 10.1 Å². The van der Waals surface area contributed by atoms with Gasteiger partial charge in [0.25, 0.3) is 0 Å². The summed E-state index contributed by atoms with van der Waals surface area (Å²) in [7, 11) is 0. The van der Waals surface area contributed by atoms with Crippen molar-refractivity contribution in [3.63, 3.8) is 0 Å². The van der Waals surface area contributed by atoms with E-state index in [1.54, 1.807) is 0 Å². The lowest BCUT2D eigenvalue weighted by Crippen LogP contribution is -2.39. The Balaban J connectivity index is 1.92. The van der Waals surface area contributed by atoms with Crippen LogP contribution in [-0.2, 0) is 0 Å². The summed E-state index contributed by atoms with van der Waals surface area (Å²) in [5.41, 5.74) is 1.15. The highest BCUT2D eigenvalue weighted by molar-refractivity contribution is 8.21. The van der Waals surface area contributed by atoms with Crippen LogP contribution in [0.5, 0.6) is 0 Å². The number of hydrogen-bond acceptors (Lipinski definition) is 4. The minimum absolute atomic E-state index is 0.0552. The van der Waals surface area contributed by atoms with Gasteiger partial charge in [-0.15, -0.1) is 23.5 Å². The van der Waals surface area contributed by atoms with Crippen molar-refractivity contribution in [2.45, 2.75) is 35.7 Å². The summed E-state index contributed by atoms with van der Waals surface area (Å²) in [6.07, 6.45) is 4.84. The van der Waals surface area contributed by atoms with Gasteiger partial charge in [-0.05, 0) is 24.3 Å². The van der Waals surface area contributed by atoms with Crippen molar-refractivity contribution < 1.29 is 4.92 Å². The second kappa shape index (κ2) is 6.61. The molecule has 2 unspecified atom stereocenters. The molecule has 2 fully saturated rings. The summed E-state index contributed by atoms with van der Waals surface area (Å²) in [6, 6.07) is 10.1. The van der Waals surface area contributed by atoms with Crippen molar-refractivity contribution in [3.8, 4) is 0 Å². The molecular weight excluding hydrogens is 302 g/mol. The molecule has 5 heteroatoms. The van der Waals surface area contributed by atoms with Gasteiger partial charge in [-0.1, -0.05) is 43.2 Å². The molecular formula is C16H21NO2S2. The monoisotopic (exact) mass is 323 g/mol. The van der Waals surface area contributed by atoms with Gasteiger partial charge in [0.15, 0.2) is 0 Å². The molecule has 2 atom stereocenters. The van der Waals surface area contributed by atoms with Crippen LogP contribution in [0.2, 0.25) is 0 Å². The average Bonchev–Trinajstić information content (AvgIpc) is 2.95. The molecule has 1 aliphatic heterocycles. The summed E-state index contributed by atoms with van der Waals surface area (Å²) in [5, 5.41) is 11.2. The van der Waals surface area contributed by atoms with Crippen LogP contribution in [-0.4, -0.2) is 27.1 Å². The van der Waals surface area contributed by atoms with Gasteiger partial charge in [0.2, 0.25) is 6.54 Å². The van der Waals surface area contributed by atoms with Gasteiger partial charge < -0.3 is 0 Å². The maximum atomic E-state index is 11.2. The lowest BCUT2D eigenvalue weighted by atomic mass is 9.76. The van der Waals surface area contributed by atoms with Crippen molar-refractivity contribution in [1.29, 1.82) is 0 Å². The van der Waals surface area contributed by atoms with Gasteiger partial charge >= 0.3 is 0 Å². The average molecular weight is 323 g/mol. The number of nitrogens with zero attached hydrogens (tertiary/aromatic N) is 1. The van der Waals surface area contributed by atoms with Gasteiger partial charge in [-0.25, -0.2) is 0 Å². The molecule has 1 heterocycles. The van der Waals surface area contributed by atoms with E-state index in [1.165, 1.54) is 30.8 Å². The molecule has 1 spiro atoms. The normalized spacial score (nSPS) is 25.8. The van der Waals surface area contributed by atoms with Crippen LogP contribution >= 0.6 is 23.5 Å². The maximum absolute atomic E-state index is 11.2. The first-order valence-electron chi connectivity index (χ1n) is 7.66. The van der Waals surface area contributed by atoms with E-state index in [-0.39, 0.29) is 21.5 Å². The predicted octanol–water partition coefficient (Wildman–Crippen LogP) is 4.41. The standard InChI is InChI=1S/C16H21NO2S2/c18-17(19)12-14(13-6-2-1-3-7-13)15-8-4-5-9-16(15)20-10-11-21-16/h1-3,6-7,14-15H,4-5,8-12H2. The van der Waals surface area contributed by atoms with Crippen LogP contribution < -0.4 is 0 Å². The number of hydrogen-bond donors (Lipinski definition) is 0. The quantitative estimate of drug-likeness (QED) is 0.608. The van der Waals surface area contributed by atoms with Gasteiger partial charge in [-0.2, -0.15) is 0 Å². The summed E-state index contributed by atoms with van der Waals surface area (Å²) in [4.78, 5) is 11.1. The first-order chi connectivity index (χ1) is 10.2. The predicted molar refractivity (Wildman–Crippen MR) is 90.6 cm³/mol. The highest BCUT2D eigenvalue weighted by atomic mass is 32.2. The first-order valence-corrected chi connectivity index (χ1v) is 9.63. The Morgan fingerprint density at radius 3 is 2.62 bits per heavy atom. The zero-order valence-electron chi connectivity index (χ0n) is 12.1. The number of benzene rings is 1. The van der Waals surface area contributed by atoms with Crippen LogP contribution in [0.15, 0.2) is 30.3 Å². The Kier molecular flexibility index (Phi) is 4.79. The first kappa shape index (κ1) is 15.2. The lowest BCUT2D eigenvalue weighted by Gasteiger charge is -2.43. The molecule has 3 nitrogen and oxygen atoms in total. The van der Waals surface area contributed by atoms with E-state index >= 15 is 0 Å². The largest absolute Gasteiger partial charge is 0.265 e. The van der Waals surface area contributed by atoms with Crippen LogP contribution in [0.1, 0.15) is 37.2 Å². The second-order valence-corrected chi connectivity index (χ2v) is 9.00. The van der Waals surface area contributed by atoms with Crippen LogP contribution in [0.25, 0.3) is 0 Å². The molecule has 0 aromatic heterocycles. The molecule has 1 saturated carbocycles. The molecule has 0 amide bonds. The van der Waals surface area contributed by atoms with Crippen LogP contribution in [0.3, 0.4) is 0 Å². The van der Waals surface area contributed by atoms with E-state index in [0.717, 1.165) is 12.0 Å². The molecule has 1 aromatic rings. The maximum Gasteiger partial charge on any atom is 0.211 e. The zero-order valence-corrected chi connectivity index (χ0v) is 13.7. The fourth-order valence-corrected chi connectivity index (χ4v) is 7.56. The Labute approximate surface area is 134 Å². The summed E-state index contributed by atoms with van der Waals surface area (Å²) < 4.78 is 0.231. The molecule has 0 N–H and O–H groups in total. The van der Waals surface area contributed by atoms with Gasteiger partial charge in [0.05, 0.1) is 10.00 Å². The van der Waals surface area contributed by atoms with Crippen LogP contribution in [0, 0.1) is 16.0 Å². The Morgan fingerprint density at radius 1 is 1.24 bits per heavy atom. The van der Waals surface area contributed by atoms with Gasteiger partial charge in [0.1, 0.15) is 0 Å². The fourth-order valence-electron chi connectivity index (χ4n) is 3.80. The molecule has 2 aliphatic rings. The minimum atomic E-state index is -0.121. The third kappa shape index (κ3) is 3.24. The minimum Gasteiger partial charge on any atom is -0.265 e. The van der Waals surface area contributed by atoms with Gasteiger partial charge in [0, 0.05) is 16.4 Å². The van der Waals surface area contributed by atoms with Crippen molar-refractivity contribution in [3.05, 3.63) is 46.0 Å². The molecule has 3 rings (SSSR count). The topological polar surface area (TPSA) is 43.1 Å². The molecule has 0 bridgehead atoms. The molecule has 1 saturated heterocycles. The highest BCUT2D eigenvalue weighted by Crippen LogP contribution is 2.59. The molecule has 114 valence electrons. The molecule has 1 aliphatic carbocycles. The molecule has 21 heavy (non-hydrogen) atoms. The number of nitro groups is 1. The van der Waals surface area contributed by atoms with Crippen LogP contribution in [0.4, 0.5) is 0 Å². The summed E-state index contributed by atoms with van der Waals surface area (Å²) in [6.45, 7) is 0.0670. The summed E-state index contributed by atoms with van der Waals surface area (Å²) in [5.74, 6) is 2.87. The van der Waals surface area contributed by atoms with Crippen molar-refractivity contribution in [1.82, 2.24) is 0 Å². The lowest BCUT2D eigenvalue weighted by molar-refractivity contribution is -0.485. The van der Waals surface area contributed by atoms with E-state index in [4.69, 9.17) is 0 Å². The molecule has 0 radical (unpaired) electrons. The Bertz CT molecular complexity index is 488. The summed E-state index contributed by atoms with van der Waals surface area (Å²) >= 11 is 4.13. The number of thioether (sulfide) groups is 2. The Hall–Kier alpha value is -0.680. The molecule has 1 aromatic carbocycles. The fraction of sp³-hybridized carbons (Fsp3) is 0.625. The van der Waals surface area contributed by atoms with E-state index in [0.29, 0.717) is 5.92 Å². The highest BCUT2D eigenvalue weighted by Gasteiger charge is 2.49. The van der Waals surface area contributed by atoms with Crippen molar-refractivity contribution in [2.24, 2.45) is 5.92 Å². The SMILES string of the molecule is O=[N+]([O-])CC(c1ccccc1)C1CCCCC12SCCS2. The third-order valence-electron chi connectivity index (χ3n) is 4.69. The zero-order chi connectivity index (χ0) is 14.7.